The van der Waals surface area contributed by atoms with E-state index in [1.165, 1.54) is 6.42 Å². The zero-order valence-electron chi connectivity index (χ0n) is 14.5. The molecule has 4 heterocycles. The third-order valence-corrected chi connectivity index (χ3v) is 5.19. The SMILES string of the molecule is O=C(NCc1nnc2n1CCCC2)[C@@H]1CCCN(Cc2ccco2)C1. The molecule has 0 radical (unpaired) electrons. The van der Waals surface area contributed by atoms with Crippen LogP contribution in [0.25, 0.3) is 0 Å². The Morgan fingerprint density at radius 2 is 2.24 bits per heavy atom. The Labute approximate surface area is 147 Å². The molecular formula is C18H25N5O2. The van der Waals surface area contributed by atoms with Crippen LogP contribution in [0.5, 0.6) is 0 Å². The summed E-state index contributed by atoms with van der Waals surface area (Å²) in [4.78, 5) is 14.9. The summed E-state index contributed by atoms with van der Waals surface area (Å²) in [6.07, 6.45) is 7.01. The molecule has 2 aliphatic heterocycles. The van der Waals surface area contributed by atoms with Gasteiger partial charge in [0.25, 0.3) is 0 Å². The van der Waals surface area contributed by atoms with Gasteiger partial charge in [-0.1, -0.05) is 0 Å². The third-order valence-electron chi connectivity index (χ3n) is 5.19. The number of aryl methyl sites for hydroxylation is 1. The first-order valence-corrected chi connectivity index (χ1v) is 9.23. The second kappa shape index (κ2) is 7.39. The van der Waals surface area contributed by atoms with Crippen LogP contribution in [-0.2, 0) is 30.8 Å². The van der Waals surface area contributed by atoms with Gasteiger partial charge in [-0.3, -0.25) is 9.69 Å². The average molecular weight is 343 g/mol. The molecule has 7 nitrogen and oxygen atoms in total. The predicted molar refractivity (Wildman–Crippen MR) is 91.5 cm³/mol. The summed E-state index contributed by atoms with van der Waals surface area (Å²) in [7, 11) is 0. The Hall–Kier alpha value is -2.15. The number of hydrogen-bond donors (Lipinski definition) is 1. The maximum atomic E-state index is 12.6. The molecule has 7 heteroatoms. The molecule has 0 aliphatic carbocycles. The van der Waals surface area contributed by atoms with E-state index in [1.54, 1.807) is 6.26 Å². The van der Waals surface area contributed by atoms with Crippen molar-refractivity contribution in [3.05, 3.63) is 35.8 Å². The summed E-state index contributed by atoms with van der Waals surface area (Å²) in [6, 6.07) is 3.89. The van der Waals surface area contributed by atoms with Gasteiger partial charge in [-0.05, 0) is 44.4 Å². The van der Waals surface area contributed by atoms with E-state index in [0.717, 1.165) is 69.3 Å². The number of furan rings is 1. The molecule has 1 atom stereocenters. The summed E-state index contributed by atoms with van der Waals surface area (Å²) < 4.78 is 7.58. The molecule has 2 aliphatic rings. The Morgan fingerprint density at radius 3 is 3.12 bits per heavy atom. The fraction of sp³-hybridized carbons (Fsp3) is 0.611. The first-order chi connectivity index (χ1) is 12.3. The topological polar surface area (TPSA) is 76.2 Å². The van der Waals surface area contributed by atoms with E-state index in [1.807, 2.05) is 12.1 Å². The first-order valence-electron chi connectivity index (χ1n) is 9.23. The van der Waals surface area contributed by atoms with Gasteiger partial charge in [0.1, 0.15) is 11.6 Å². The van der Waals surface area contributed by atoms with E-state index in [9.17, 15) is 4.79 Å². The summed E-state index contributed by atoms with van der Waals surface area (Å²) in [6.45, 7) is 4.01. The second-order valence-electron chi connectivity index (χ2n) is 7.01. The number of nitrogens with zero attached hydrogens (tertiary/aromatic N) is 4. The zero-order valence-corrected chi connectivity index (χ0v) is 14.5. The minimum Gasteiger partial charge on any atom is -0.468 e. The molecule has 0 bridgehead atoms. The van der Waals surface area contributed by atoms with Crippen LogP contribution >= 0.6 is 0 Å². The van der Waals surface area contributed by atoms with Crippen molar-refractivity contribution in [1.29, 1.82) is 0 Å². The standard InChI is InChI=1S/C18H25N5O2/c24-18(19-11-17-21-20-16-7-1-2-9-23(16)17)14-5-3-8-22(12-14)13-15-6-4-10-25-15/h4,6,10,14H,1-3,5,7-9,11-13H2,(H,19,24)/t14-/m1/s1. The van der Waals surface area contributed by atoms with E-state index >= 15 is 0 Å². The molecule has 0 aromatic carbocycles. The lowest BCUT2D eigenvalue weighted by molar-refractivity contribution is -0.127. The van der Waals surface area contributed by atoms with Crippen molar-refractivity contribution in [2.24, 2.45) is 5.92 Å². The molecule has 2 aromatic rings. The van der Waals surface area contributed by atoms with Gasteiger partial charge in [0.05, 0.1) is 25.3 Å². The summed E-state index contributed by atoms with van der Waals surface area (Å²) in [5.41, 5.74) is 0. The first kappa shape index (κ1) is 16.3. The molecule has 1 fully saturated rings. The van der Waals surface area contributed by atoms with Gasteiger partial charge in [0.2, 0.25) is 5.91 Å². The van der Waals surface area contributed by atoms with Crippen LogP contribution in [0.15, 0.2) is 22.8 Å². The molecule has 0 unspecified atom stereocenters. The highest BCUT2D eigenvalue weighted by atomic mass is 16.3. The van der Waals surface area contributed by atoms with Crippen molar-refractivity contribution in [3.63, 3.8) is 0 Å². The number of amides is 1. The molecule has 4 rings (SSSR count). The van der Waals surface area contributed by atoms with Gasteiger partial charge >= 0.3 is 0 Å². The smallest absolute Gasteiger partial charge is 0.224 e. The number of fused-ring (bicyclic) bond motifs is 1. The van der Waals surface area contributed by atoms with E-state index < -0.39 is 0 Å². The molecule has 2 aromatic heterocycles. The van der Waals surface area contributed by atoms with E-state index in [2.05, 4.69) is 25.0 Å². The highest BCUT2D eigenvalue weighted by molar-refractivity contribution is 5.78. The lowest BCUT2D eigenvalue weighted by Gasteiger charge is -2.31. The molecule has 1 saturated heterocycles. The maximum absolute atomic E-state index is 12.6. The minimum absolute atomic E-state index is 0.0347. The van der Waals surface area contributed by atoms with Crippen molar-refractivity contribution in [2.45, 2.75) is 51.7 Å². The van der Waals surface area contributed by atoms with E-state index in [4.69, 9.17) is 4.42 Å². The zero-order chi connectivity index (χ0) is 17.1. The number of carbonyl (C=O) groups excluding carboxylic acids is 1. The van der Waals surface area contributed by atoms with Gasteiger partial charge in [0.15, 0.2) is 5.82 Å². The van der Waals surface area contributed by atoms with Crippen molar-refractivity contribution in [1.82, 2.24) is 25.0 Å². The van der Waals surface area contributed by atoms with Crippen LogP contribution in [0.1, 0.15) is 43.1 Å². The lowest BCUT2D eigenvalue weighted by Crippen LogP contribution is -2.42. The third kappa shape index (κ3) is 3.76. The molecule has 25 heavy (non-hydrogen) atoms. The Bertz CT molecular complexity index is 709. The molecule has 1 N–H and O–H groups in total. The lowest BCUT2D eigenvalue weighted by atomic mass is 9.97. The van der Waals surface area contributed by atoms with Gasteiger partial charge < -0.3 is 14.3 Å². The molecule has 0 saturated carbocycles. The van der Waals surface area contributed by atoms with E-state index in [0.29, 0.717) is 6.54 Å². The number of carbonyl (C=O) groups is 1. The van der Waals surface area contributed by atoms with Gasteiger partial charge in [-0.2, -0.15) is 0 Å². The van der Waals surface area contributed by atoms with Crippen molar-refractivity contribution in [2.75, 3.05) is 13.1 Å². The van der Waals surface area contributed by atoms with Crippen molar-refractivity contribution >= 4 is 5.91 Å². The van der Waals surface area contributed by atoms with Crippen LogP contribution in [-0.4, -0.2) is 38.7 Å². The summed E-state index contributed by atoms with van der Waals surface area (Å²) in [5, 5.41) is 11.6. The highest BCUT2D eigenvalue weighted by Crippen LogP contribution is 2.19. The summed E-state index contributed by atoms with van der Waals surface area (Å²) >= 11 is 0. The second-order valence-corrected chi connectivity index (χ2v) is 7.01. The Balaban J connectivity index is 1.31. The number of hydrogen-bond acceptors (Lipinski definition) is 5. The van der Waals surface area contributed by atoms with Gasteiger partial charge in [-0.15, -0.1) is 10.2 Å². The fourth-order valence-corrected chi connectivity index (χ4v) is 3.85. The van der Waals surface area contributed by atoms with Crippen molar-refractivity contribution < 1.29 is 9.21 Å². The van der Waals surface area contributed by atoms with E-state index in [-0.39, 0.29) is 11.8 Å². The van der Waals surface area contributed by atoms with Crippen LogP contribution < -0.4 is 5.32 Å². The molecule has 1 amide bonds. The highest BCUT2D eigenvalue weighted by Gasteiger charge is 2.26. The normalized spacial score (nSPS) is 21.0. The quantitative estimate of drug-likeness (QED) is 0.895. The van der Waals surface area contributed by atoms with Crippen molar-refractivity contribution in [3.8, 4) is 0 Å². The largest absolute Gasteiger partial charge is 0.468 e. The molecular weight excluding hydrogens is 318 g/mol. The van der Waals surface area contributed by atoms with Gasteiger partial charge in [-0.25, -0.2) is 0 Å². The monoisotopic (exact) mass is 343 g/mol. The fourth-order valence-electron chi connectivity index (χ4n) is 3.85. The summed E-state index contributed by atoms with van der Waals surface area (Å²) in [5.74, 6) is 3.05. The average Bonchev–Trinajstić information content (AvgIpc) is 3.30. The number of nitrogens with one attached hydrogen (secondary N) is 1. The number of rotatable bonds is 5. The number of aromatic nitrogens is 3. The maximum Gasteiger partial charge on any atom is 0.224 e. The molecule has 134 valence electrons. The van der Waals surface area contributed by atoms with Crippen LogP contribution in [0.4, 0.5) is 0 Å². The Morgan fingerprint density at radius 1 is 1.28 bits per heavy atom. The van der Waals surface area contributed by atoms with Crippen LogP contribution in [0.2, 0.25) is 0 Å². The van der Waals surface area contributed by atoms with Crippen LogP contribution in [0, 0.1) is 5.92 Å². The molecule has 0 spiro atoms. The van der Waals surface area contributed by atoms with Gasteiger partial charge in [0, 0.05) is 19.5 Å². The Kier molecular flexibility index (Phi) is 4.83. The minimum atomic E-state index is 0.0347. The number of likely N-dealkylation sites (tertiary alicyclic amines) is 1. The predicted octanol–water partition coefficient (Wildman–Crippen LogP) is 1.74. The number of piperidine rings is 1. The van der Waals surface area contributed by atoms with Crippen LogP contribution in [0.3, 0.4) is 0 Å².